The van der Waals surface area contributed by atoms with Crippen LogP contribution in [0.2, 0.25) is 5.22 Å². The Labute approximate surface area is 139 Å². The molecule has 1 aromatic carbocycles. The molecule has 2 N–H and O–H groups in total. The molecule has 2 heterocycles. The number of halogens is 1. The van der Waals surface area contributed by atoms with Crippen molar-refractivity contribution in [2.24, 2.45) is 0 Å². The van der Waals surface area contributed by atoms with Crippen molar-refractivity contribution < 1.29 is 14.3 Å². The zero-order chi connectivity index (χ0) is 16.2. The van der Waals surface area contributed by atoms with Crippen molar-refractivity contribution >= 4 is 17.5 Å². The minimum Gasteiger partial charge on any atom is -0.440 e. The summed E-state index contributed by atoms with van der Waals surface area (Å²) in [4.78, 5) is 14.2. The molecule has 2 unspecified atom stereocenters. The van der Waals surface area contributed by atoms with Crippen molar-refractivity contribution in [3.8, 4) is 0 Å². The Morgan fingerprint density at radius 3 is 2.78 bits per heavy atom. The Morgan fingerprint density at radius 1 is 1.30 bits per heavy atom. The number of hydrogen-bond donors (Lipinski definition) is 2. The maximum Gasteiger partial charge on any atom is 0.287 e. The number of benzene rings is 1. The Balaban J connectivity index is 1.58. The van der Waals surface area contributed by atoms with Crippen molar-refractivity contribution in [3.63, 3.8) is 0 Å². The zero-order valence-electron chi connectivity index (χ0n) is 12.6. The van der Waals surface area contributed by atoms with Gasteiger partial charge in [-0.15, -0.1) is 0 Å². The van der Waals surface area contributed by atoms with Crippen LogP contribution < -0.4 is 5.32 Å². The number of nitrogens with zero attached hydrogens (tertiary/aromatic N) is 1. The van der Waals surface area contributed by atoms with Crippen molar-refractivity contribution in [2.45, 2.75) is 25.1 Å². The van der Waals surface area contributed by atoms with Gasteiger partial charge in [0.15, 0.2) is 11.0 Å². The summed E-state index contributed by atoms with van der Waals surface area (Å²) < 4.78 is 5.09. The summed E-state index contributed by atoms with van der Waals surface area (Å²) in [6, 6.07) is 13.3. The van der Waals surface area contributed by atoms with Crippen LogP contribution in [0.3, 0.4) is 0 Å². The molecule has 2 atom stereocenters. The summed E-state index contributed by atoms with van der Waals surface area (Å²) >= 11 is 5.68. The Hall–Kier alpha value is -1.82. The first kappa shape index (κ1) is 16.1. The minimum absolute atomic E-state index is 0.0968. The summed E-state index contributed by atoms with van der Waals surface area (Å²) in [5, 5.41) is 13.0. The van der Waals surface area contributed by atoms with Gasteiger partial charge >= 0.3 is 0 Å². The number of carbonyl (C=O) groups excluding carboxylic acids is 1. The molecule has 6 heteroatoms. The van der Waals surface area contributed by atoms with Crippen molar-refractivity contribution in [1.29, 1.82) is 0 Å². The molecule has 1 fully saturated rings. The third kappa shape index (κ3) is 4.13. The molecule has 0 bridgehead atoms. The van der Waals surface area contributed by atoms with E-state index in [0.717, 1.165) is 6.54 Å². The van der Waals surface area contributed by atoms with Gasteiger partial charge in [0.25, 0.3) is 5.91 Å². The molecule has 0 saturated carbocycles. The largest absolute Gasteiger partial charge is 0.440 e. The Kier molecular flexibility index (Phi) is 5.00. The van der Waals surface area contributed by atoms with Gasteiger partial charge in [-0.1, -0.05) is 30.3 Å². The number of furan rings is 1. The molecule has 1 aliphatic heterocycles. The predicted molar refractivity (Wildman–Crippen MR) is 87.3 cm³/mol. The third-order valence-corrected chi connectivity index (χ3v) is 4.23. The highest BCUT2D eigenvalue weighted by atomic mass is 35.5. The Morgan fingerprint density at radius 2 is 2.09 bits per heavy atom. The number of nitrogens with one attached hydrogen (secondary N) is 1. The van der Waals surface area contributed by atoms with Crippen molar-refractivity contribution in [1.82, 2.24) is 10.2 Å². The Bertz CT molecular complexity index is 659. The van der Waals surface area contributed by atoms with Gasteiger partial charge in [0.1, 0.15) is 0 Å². The van der Waals surface area contributed by atoms with Gasteiger partial charge < -0.3 is 14.8 Å². The highest BCUT2D eigenvalue weighted by Gasteiger charge is 2.31. The van der Waals surface area contributed by atoms with Crippen molar-refractivity contribution in [3.05, 3.63) is 59.0 Å². The van der Waals surface area contributed by atoms with Crippen LogP contribution in [0.4, 0.5) is 0 Å². The summed E-state index contributed by atoms with van der Waals surface area (Å²) in [5.74, 6) is -0.0962. The lowest BCUT2D eigenvalue weighted by Gasteiger charge is -2.24. The van der Waals surface area contributed by atoms with E-state index in [9.17, 15) is 9.90 Å². The van der Waals surface area contributed by atoms with Gasteiger partial charge in [-0.05, 0) is 35.7 Å². The summed E-state index contributed by atoms with van der Waals surface area (Å²) in [6.07, 6.45) is 0.283. The molecule has 1 amide bonds. The average Bonchev–Trinajstić information content (AvgIpc) is 3.12. The highest BCUT2D eigenvalue weighted by Crippen LogP contribution is 2.20. The molecule has 1 saturated heterocycles. The van der Waals surface area contributed by atoms with Gasteiger partial charge in [-0.3, -0.25) is 9.69 Å². The van der Waals surface area contributed by atoms with Crippen LogP contribution >= 0.6 is 11.6 Å². The molecule has 0 radical (unpaired) electrons. The van der Waals surface area contributed by atoms with Crippen LogP contribution in [0.5, 0.6) is 0 Å². The van der Waals surface area contributed by atoms with Crippen LogP contribution in [-0.2, 0) is 6.54 Å². The number of hydrogen-bond acceptors (Lipinski definition) is 4. The third-order valence-electron chi connectivity index (χ3n) is 4.03. The molecule has 3 rings (SSSR count). The molecule has 5 nitrogen and oxygen atoms in total. The quantitative estimate of drug-likeness (QED) is 0.880. The monoisotopic (exact) mass is 334 g/mol. The van der Waals surface area contributed by atoms with Gasteiger partial charge in [0.2, 0.25) is 0 Å². The molecule has 1 aromatic heterocycles. The van der Waals surface area contributed by atoms with E-state index in [0.29, 0.717) is 19.5 Å². The second kappa shape index (κ2) is 7.17. The van der Waals surface area contributed by atoms with E-state index in [1.165, 1.54) is 11.6 Å². The van der Waals surface area contributed by atoms with Crippen LogP contribution in [0.15, 0.2) is 46.9 Å². The minimum atomic E-state index is -0.362. The van der Waals surface area contributed by atoms with Gasteiger partial charge in [0.05, 0.1) is 6.10 Å². The summed E-state index contributed by atoms with van der Waals surface area (Å²) in [5.41, 5.74) is 1.19. The smallest absolute Gasteiger partial charge is 0.287 e. The average molecular weight is 335 g/mol. The second-order valence-electron chi connectivity index (χ2n) is 5.77. The number of carbonyl (C=O) groups is 1. The SMILES string of the molecule is O=C(NCC1CC(O)CN1Cc1ccccc1)c1ccc(Cl)o1. The maximum atomic E-state index is 12.0. The molecule has 0 spiro atoms. The first-order chi connectivity index (χ1) is 11.1. The first-order valence-electron chi connectivity index (χ1n) is 7.61. The van der Waals surface area contributed by atoms with E-state index < -0.39 is 0 Å². The van der Waals surface area contributed by atoms with Crippen LogP contribution in [-0.4, -0.2) is 41.1 Å². The van der Waals surface area contributed by atoms with E-state index in [2.05, 4.69) is 22.3 Å². The fourth-order valence-electron chi connectivity index (χ4n) is 2.92. The maximum absolute atomic E-state index is 12.0. The van der Waals surface area contributed by atoms with Gasteiger partial charge in [0, 0.05) is 25.7 Å². The van der Waals surface area contributed by atoms with E-state index in [1.54, 1.807) is 6.07 Å². The molecule has 23 heavy (non-hydrogen) atoms. The number of aliphatic hydroxyl groups excluding tert-OH is 1. The predicted octanol–water partition coefficient (Wildman–Crippen LogP) is 2.30. The number of amides is 1. The van der Waals surface area contributed by atoms with Crippen molar-refractivity contribution in [2.75, 3.05) is 13.1 Å². The lowest BCUT2D eigenvalue weighted by Crippen LogP contribution is -2.39. The second-order valence-corrected chi connectivity index (χ2v) is 6.14. The summed E-state index contributed by atoms with van der Waals surface area (Å²) in [6.45, 7) is 1.83. The lowest BCUT2D eigenvalue weighted by molar-refractivity contribution is 0.0912. The van der Waals surface area contributed by atoms with Crippen LogP contribution in [0, 0.1) is 0 Å². The zero-order valence-corrected chi connectivity index (χ0v) is 13.4. The normalized spacial score (nSPS) is 21.5. The first-order valence-corrected chi connectivity index (χ1v) is 7.99. The van der Waals surface area contributed by atoms with E-state index in [4.69, 9.17) is 16.0 Å². The number of aliphatic hydroxyl groups is 1. The standard InChI is InChI=1S/C17H19ClN2O3/c18-16-7-6-15(23-16)17(22)19-9-13-8-14(21)11-20(13)10-12-4-2-1-3-5-12/h1-7,13-14,21H,8-11H2,(H,19,22). The molecular weight excluding hydrogens is 316 g/mol. The fourth-order valence-corrected chi connectivity index (χ4v) is 3.06. The molecular formula is C17H19ClN2O3. The topological polar surface area (TPSA) is 65.7 Å². The van der Waals surface area contributed by atoms with Gasteiger partial charge in [-0.25, -0.2) is 0 Å². The highest BCUT2D eigenvalue weighted by molar-refractivity contribution is 6.29. The molecule has 0 aliphatic carbocycles. The molecule has 1 aliphatic rings. The molecule has 122 valence electrons. The fraction of sp³-hybridized carbons (Fsp3) is 0.353. The van der Waals surface area contributed by atoms with Gasteiger partial charge in [-0.2, -0.15) is 0 Å². The van der Waals surface area contributed by atoms with E-state index in [-0.39, 0.29) is 29.0 Å². The number of likely N-dealkylation sites (tertiary alicyclic amines) is 1. The number of β-amino-alcohol motifs (C(OH)–C–C–N with tert-alkyl or cyclic N) is 1. The van der Waals surface area contributed by atoms with Crippen LogP contribution in [0.1, 0.15) is 22.5 Å². The van der Waals surface area contributed by atoms with Crippen LogP contribution in [0.25, 0.3) is 0 Å². The number of rotatable bonds is 5. The summed E-state index contributed by atoms with van der Waals surface area (Å²) in [7, 11) is 0. The van der Waals surface area contributed by atoms with E-state index >= 15 is 0 Å². The lowest BCUT2D eigenvalue weighted by atomic mass is 10.1. The molecule has 2 aromatic rings. The van der Waals surface area contributed by atoms with E-state index in [1.807, 2.05) is 18.2 Å².